The van der Waals surface area contributed by atoms with E-state index in [2.05, 4.69) is 15.5 Å². The van der Waals surface area contributed by atoms with Gasteiger partial charge in [-0.05, 0) is 57.5 Å². The molecule has 0 aromatic heterocycles. The third-order valence-corrected chi connectivity index (χ3v) is 5.09. The highest BCUT2D eigenvalue weighted by molar-refractivity contribution is 5.95. The molecule has 32 heavy (non-hydrogen) atoms. The molecule has 7 heteroatoms. The van der Waals surface area contributed by atoms with Gasteiger partial charge in [0.1, 0.15) is 5.75 Å². The minimum atomic E-state index is -0.625. The van der Waals surface area contributed by atoms with E-state index in [9.17, 15) is 9.59 Å². The van der Waals surface area contributed by atoms with Crippen LogP contribution in [-0.2, 0) is 9.53 Å². The Balaban J connectivity index is 2.00. The van der Waals surface area contributed by atoms with E-state index in [1.807, 2.05) is 75.4 Å². The number of nitrogens with zero attached hydrogens (tertiary/aromatic N) is 1. The van der Waals surface area contributed by atoms with Crippen molar-refractivity contribution in [2.75, 3.05) is 24.6 Å². The minimum absolute atomic E-state index is 0.0547. The number of rotatable bonds is 9. The van der Waals surface area contributed by atoms with Crippen molar-refractivity contribution in [3.05, 3.63) is 71.4 Å². The number of amides is 2. The first-order valence-electron chi connectivity index (χ1n) is 11.0. The zero-order chi connectivity index (χ0) is 23.1. The Kier molecular flexibility index (Phi) is 7.76. The monoisotopic (exact) mass is 437 g/mol. The fourth-order valence-corrected chi connectivity index (χ4v) is 3.67. The molecule has 3 rings (SSSR count). The van der Waals surface area contributed by atoms with Crippen LogP contribution in [0.25, 0.3) is 0 Å². The number of hydrogen-bond donors (Lipinski definition) is 2. The molecule has 2 aromatic rings. The van der Waals surface area contributed by atoms with Gasteiger partial charge in [0.2, 0.25) is 0 Å². The predicted octanol–water partition coefficient (Wildman–Crippen LogP) is 4.17. The van der Waals surface area contributed by atoms with Crippen LogP contribution in [0.15, 0.2) is 65.9 Å². The molecule has 0 fully saturated rings. The van der Waals surface area contributed by atoms with Gasteiger partial charge in [0.25, 0.3) is 0 Å². The molecule has 1 atom stereocenters. The molecule has 0 saturated heterocycles. The summed E-state index contributed by atoms with van der Waals surface area (Å²) in [5.41, 5.74) is 2.72. The van der Waals surface area contributed by atoms with Crippen LogP contribution in [0.1, 0.15) is 39.3 Å². The lowest BCUT2D eigenvalue weighted by Gasteiger charge is -2.32. The molecule has 1 aliphatic rings. The molecule has 0 spiro atoms. The number of esters is 1. The Morgan fingerprint density at radius 3 is 2.34 bits per heavy atom. The number of anilines is 1. The highest BCUT2D eigenvalue weighted by Crippen LogP contribution is 2.30. The Morgan fingerprint density at radius 2 is 1.75 bits per heavy atom. The van der Waals surface area contributed by atoms with E-state index in [0.29, 0.717) is 24.4 Å². The minimum Gasteiger partial charge on any atom is -0.491 e. The van der Waals surface area contributed by atoms with Gasteiger partial charge in [0.15, 0.2) is 0 Å². The number of urea groups is 1. The first-order valence-corrected chi connectivity index (χ1v) is 11.0. The first kappa shape index (κ1) is 23.2. The summed E-state index contributed by atoms with van der Waals surface area (Å²) < 4.78 is 11.1. The average Bonchev–Trinajstić information content (AvgIpc) is 2.78. The van der Waals surface area contributed by atoms with Crippen molar-refractivity contribution in [3.8, 4) is 5.75 Å². The maximum absolute atomic E-state index is 13.0. The molecule has 7 nitrogen and oxygen atoms in total. The maximum atomic E-state index is 13.0. The fourth-order valence-electron chi connectivity index (χ4n) is 3.67. The van der Waals surface area contributed by atoms with E-state index in [-0.39, 0.29) is 18.7 Å². The van der Waals surface area contributed by atoms with Crippen molar-refractivity contribution in [2.24, 2.45) is 0 Å². The second-order valence-electron chi connectivity index (χ2n) is 7.73. The molecule has 0 bridgehead atoms. The molecule has 0 saturated carbocycles. The van der Waals surface area contributed by atoms with Crippen LogP contribution in [0.2, 0.25) is 0 Å². The van der Waals surface area contributed by atoms with Crippen molar-refractivity contribution in [2.45, 2.75) is 39.8 Å². The second-order valence-corrected chi connectivity index (χ2v) is 7.73. The van der Waals surface area contributed by atoms with Gasteiger partial charge in [-0.2, -0.15) is 0 Å². The fraction of sp³-hybridized carbons (Fsp3) is 0.360. The van der Waals surface area contributed by atoms with E-state index >= 15 is 0 Å². The van der Waals surface area contributed by atoms with E-state index in [4.69, 9.17) is 9.47 Å². The van der Waals surface area contributed by atoms with Crippen molar-refractivity contribution in [1.29, 1.82) is 0 Å². The van der Waals surface area contributed by atoms with Crippen LogP contribution < -0.4 is 20.3 Å². The summed E-state index contributed by atoms with van der Waals surface area (Å²) in [4.78, 5) is 27.6. The quantitative estimate of drug-likeness (QED) is 0.576. The average molecular weight is 438 g/mol. The SMILES string of the molecule is CCOC(=O)C1=C(CN(CC)c2ccccc2)NC(=O)N[C@H]1c1ccc(OC(C)C)cc1. The van der Waals surface area contributed by atoms with Gasteiger partial charge < -0.3 is 25.0 Å². The molecule has 0 aliphatic carbocycles. The predicted molar refractivity (Wildman–Crippen MR) is 125 cm³/mol. The molecular weight excluding hydrogens is 406 g/mol. The standard InChI is InChI=1S/C25H31N3O4/c1-5-28(19-10-8-7-9-11-19)16-21-22(24(29)31-6-2)23(27-25(30)26-21)18-12-14-20(15-13-18)32-17(3)4/h7-15,17,23H,5-6,16H2,1-4H3,(H2,26,27,30)/t23-/m0/s1. The highest BCUT2D eigenvalue weighted by Gasteiger charge is 2.34. The smallest absolute Gasteiger partial charge is 0.338 e. The van der Waals surface area contributed by atoms with Gasteiger partial charge in [-0.15, -0.1) is 0 Å². The Labute approximate surface area is 189 Å². The number of ether oxygens (including phenoxy) is 2. The van der Waals surface area contributed by atoms with Gasteiger partial charge in [-0.1, -0.05) is 30.3 Å². The van der Waals surface area contributed by atoms with E-state index in [1.54, 1.807) is 6.92 Å². The lowest BCUT2D eigenvalue weighted by atomic mass is 9.94. The summed E-state index contributed by atoms with van der Waals surface area (Å²) in [6.07, 6.45) is 0.0547. The van der Waals surface area contributed by atoms with Gasteiger partial charge in [-0.3, -0.25) is 0 Å². The van der Waals surface area contributed by atoms with Crippen molar-refractivity contribution in [1.82, 2.24) is 10.6 Å². The van der Waals surface area contributed by atoms with Crippen LogP contribution in [-0.4, -0.2) is 37.8 Å². The lowest BCUT2D eigenvalue weighted by Crippen LogP contribution is -2.48. The van der Waals surface area contributed by atoms with E-state index in [1.165, 1.54) is 0 Å². The summed E-state index contributed by atoms with van der Waals surface area (Å²) in [7, 11) is 0. The molecule has 170 valence electrons. The van der Waals surface area contributed by atoms with Gasteiger partial charge in [0, 0.05) is 12.2 Å². The Morgan fingerprint density at radius 1 is 1.06 bits per heavy atom. The summed E-state index contributed by atoms with van der Waals surface area (Å²) in [6, 6.07) is 16.3. The van der Waals surface area contributed by atoms with E-state index < -0.39 is 12.0 Å². The number of carbonyl (C=O) groups is 2. The lowest BCUT2D eigenvalue weighted by molar-refractivity contribution is -0.139. The van der Waals surface area contributed by atoms with Crippen molar-refractivity contribution >= 4 is 17.7 Å². The zero-order valence-corrected chi connectivity index (χ0v) is 19.1. The number of nitrogens with one attached hydrogen (secondary N) is 2. The summed E-state index contributed by atoms with van der Waals surface area (Å²) in [5.74, 6) is 0.277. The molecular formula is C25H31N3O4. The molecule has 0 radical (unpaired) electrons. The molecule has 2 amide bonds. The van der Waals surface area contributed by atoms with Crippen molar-refractivity contribution < 1.29 is 19.1 Å². The number of likely N-dealkylation sites (N-methyl/N-ethyl adjacent to an activating group) is 1. The molecule has 1 heterocycles. The Hall–Kier alpha value is -3.48. The zero-order valence-electron chi connectivity index (χ0n) is 19.1. The molecule has 2 N–H and O–H groups in total. The number of benzene rings is 2. The number of hydrogen-bond acceptors (Lipinski definition) is 5. The van der Waals surface area contributed by atoms with Crippen LogP contribution in [0, 0.1) is 0 Å². The third-order valence-electron chi connectivity index (χ3n) is 5.09. The van der Waals surface area contributed by atoms with Gasteiger partial charge >= 0.3 is 12.0 Å². The van der Waals surface area contributed by atoms with Crippen LogP contribution in [0.3, 0.4) is 0 Å². The maximum Gasteiger partial charge on any atom is 0.338 e. The van der Waals surface area contributed by atoms with E-state index in [0.717, 1.165) is 17.0 Å². The normalized spacial score (nSPS) is 15.8. The van der Waals surface area contributed by atoms with Gasteiger partial charge in [-0.25, -0.2) is 9.59 Å². The topological polar surface area (TPSA) is 79.9 Å². The molecule has 2 aromatic carbocycles. The summed E-state index contributed by atoms with van der Waals surface area (Å²) in [5, 5.41) is 5.72. The largest absolute Gasteiger partial charge is 0.491 e. The number of carbonyl (C=O) groups excluding carboxylic acids is 2. The van der Waals surface area contributed by atoms with Crippen LogP contribution >= 0.6 is 0 Å². The number of para-hydroxylation sites is 1. The second kappa shape index (κ2) is 10.7. The molecule has 0 unspecified atom stereocenters. The first-order chi connectivity index (χ1) is 15.4. The summed E-state index contributed by atoms with van der Waals surface area (Å²) >= 11 is 0. The van der Waals surface area contributed by atoms with Crippen molar-refractivity contribution in [3.63, 3.8) is 0 Å². The van der Waals surface area contributed by atoms with Crippen LogP contribution in [0.4, 0.5) is 10.5 Å². The molecule has 1 aliphatic heterocycles. The Bertz CT molecular complexity index is 955. The summed E-state index contributed by atoms with van der Waals surface area (Å²) in [6.45, 7) is 9.04. The van der Waals surface area contributed by atoms with Crippen LogP contribution in [0.5, 0.6) is 5.75 Å². The third kappa shape index (κ3) is 5.60. The highest BCUT2D eigenvalue weighted by atomic mass is 16.5. The van der Waals surface area contributed by atoms with Gasteiger partial charge in [0.05, 0.1) is 36.6 Å².